The first-order valence-corrected chi connectivity index (χ1v) is 8.56. The second kappa shape index (κ2) is 7.79. The highest BCUT2D eigenvalue weighted by Gasteiger charge is 2.22. The number of anilines is 2. The molecule has 0 atom stereocenters. The van der Waals surface area contributed by atoms with Gasteiger partial charge >= 0.3 is 0 Å². The number of hydrogen-bond acceptors (Lipinski definition) is 3. The molecule has 1 heterocycles. The molecule has 1 fully saturated rings. The van der Waals surface area contributed by atoms with Crippen molar-refractivity contribution in [2.75, 3.05) is 44.7 Å². The first-order valence-electron chi connectivity index (χ1n) is 8.18. The van der Waals surface area contributed by atoms with Crippen LogP contribution in [0.15, 0.2) is 54.6 Å². The molecule has 0 aliphatic carbocycles. The number of carbonyl (C=O) groups excluding carboxylic acids is 1. The summed E-state index contributed by atoms with van der Waals surface area (Å²) in [6.07, 6.45) is 0. The summed E-state index contributed by atoms with van der Waals surface area (Å²) in [6.45, 7) is 4.24. The molecule has 0 aromatic heterocycles. The number of piperazine rings is 1. The highest BCUT2D eigenvalue weighted by atomic mass is 35.5. The minimum Gasteiger partial charge on any atom is -0.304 e. The Kier molecular flexibility index (Phi) is 5.51. The van der Waals surface area contributed by atoms with Gasteiger partial charge in [-0.2, -0.15) is 0 Å². The molecule has 1 saturated heterocycles. The lowest BCUT2D eigenvalue weighted by Gasteiger charge is -2.33. The zero-order valence-corrected chi connectivity index (χ0v) is 14.6. The molecule has 0 saturated carbocycles. The van der Waals surface area contributed by atoms with Crippen molar-refractivity contribution in [2.24, 2.45) is 0 Å². The number of benzene rings is 2. The molecule has 0 spiro atoms. The zero-order valence-electron chi connectivity index (χ0n) is 13.9. The minimum absolute atomic E-state index is 0.0630. The maximum absolute atomic E-state index is 13.0. The number of rotatable bonds is 4. The van der Waals surface area contributed by atoms with E-state index in [1.807, 2.05) is 54.6 Å². The SMILES string of the molecule is CN1CCN(CC(=O)N(c2ccccc2)c2cccc(Cl)c2)CC1. The average Bonchev–Trinajstić information content (AvgIpc) is 2.58. The van der Waals surface area contributed by atoms with Crippen LogP contribution in [0.4, 0.5) is 11.4 Å². The van der Waals surface area contributed by atoms with Gasteiger partial charge in [-0.3, -0.25) is 14.6 Å². The van der Waals surface area contributed by atoms with Gasteiger partial charge in [0.05, 0.1) is 12.2 Å². The van der Waals surface area contributed by atoms with E-state index < -0.39 is 0 Å². The van der Waals surface area contributed by atoms with Gasteiger partial charge in [0.15, 0.2) is 0 Å². The third-order valence-electron chi connectivity index (χ3n) is 4.28. The lowest BCUT2D eigenvalue weighted by Crippen LogP contribution is -2.48. The molecule has 4 nitrogen and oxygen atoms in total. The summed E-state index contributed by atoms with van der Waals surface area (Å²) >= 11 is 6.14. The molecule has 0 radical (unpaired) electrons. The Morgan fingerprint density at radius 2 is 1.67 bits per heavy atom. The third-order valence-corrected chi connectivity index (χ3v) is 4.52. The molecule has 0 N–H and O–H groups in total. The molecule has 1 aliphatic rings. The summed E-state index contributed by atoms with van der Waals surface area (Å²) in [5.41, 5.74) is 1.66. The second-order valence-electron chi connectivity index (χ2n) is 6.12. The van der Waals surface area contributed by atoms with Crippen molar-refractivity contribution in [3.8, 4) is 0 Å². The normalized spacial score (nSPS) is 16.1. The molecule has 3 rings (SSSR count). The number of para-hydroxylation sites is 1. The number of nitrogens with zero attached hydrogens (tertiary/aromatic N) is 3. The Balaban J connectivity index is 1.83. The van der Waals surface area contributed by atoms with Crippen molar-refractivity contribution in [3.63, 3.8) is 0 Å². The first kappa shape index (κ1) is 17.0. The van der Waals surface area contributed by atoms with Gasteiger partial charge in [0.2, 0.25) is 5.91 Å². The first-order chi connectivity index (χ1) is 11.6. The van der Waals surface area contributed by atoms with Gasteiger partial charge in [-0.15, -0.1) is 0 Å². The number of halogens is 1. The lowest BCUT2D eigenvalue weighted by atomic mass is 10.2. The van der Waals surface area contributed by atoms with E-state index in [2.05, 4.69) is 16.8 Å². The van der Waals surface area contributed by atoms with E-state index in [-0.39, 0.29) is 5.91 Å². The van der Waals surface area contributed by atoms with Crippen molar-refractivity contribution in [1.29, 1.82) is 0 Å². The van der Waals surface area contributed by atoms with Gasteiger partial charge in [-0.05, 0) is 37.4 Å². The fourth-order valence-electron chi connectivity index (χ4n) is 2.90. The van der Waals surface area contributed by atoms with E-state index in [0.29, 0.717) is 11.6 Å². The van der Waals surface area contributed by atoms with Gasteiger partial charge in [0, 0.05) is 36.9 Å². The summed E-state index contributed by atoms with van der Waals surface area (Å²) in [4.78, 5) is 19.3. The molecule has 126 valence electrons. The van der Waals surface area contributed by atoms with Crippen LogP contribution in [0.3, 0.4) is 0 Å². The van der Waals surface area contributed by atoms with E-state index in [1.54, 1.807) is 4.90 Å². The Labute approximate surface area is 148 Å². The maximum Gasteiger partial charge on any atom is 0.245 e. The van der Waals surface area contributed by atoms with Crippen LogP contribution >= 0.6 is 11.6 Å². The van der Waals surface area contributed by atoms with Crippen LogP contribution in [0.2, 0.25) is 5.02 Å². The van der Waals surface area contributed by atoms with Gasteiger partial charge < -0.3 is 4.90 Å². The Bertz CT molecular complexity index is 684. The monoisotopic (exact) mass is 343 g/mol. The van der Waals surface area contributed by atoms with E-state index in [1.165, 1.54) is 0 Å². The van der Waals surface area contributed by atoms with Crippen LogP contribution in [0, 0.1) is 0 Å². The largest absolute Gasteiger partial charge is 0.304 e. The quantitative estimate of drug-likeness (QED) is 0.852. The molecule has 0 unspecified atom stereocenters. The number of hydrogen-bond donors (Lipinski definition) is 0. The van der Waals surface area contributed by atoms with Crippen LogP contribution < -0.4 is 4.90 Å². The van der Waals surface area contributed by atoms with Crippen LogP contribution in [-0.4, -0.2) is 55.5 Å². The third kappa shape index (κ3) is 4.15. The van der Waals surface area contributed by atoms with Crippen LogP contribution in [0.5, 0.6) is 0 Å². The molecule has 1 aliphatic heterocycles. The predicted molar refractivity (Wildman–Crippen MR) is 99.0 cm³/mol. The second-order valence-corrected chi connectivity index (χ2v) is 6.56. The van der Waals surface area contributed by atoms with E-state index in [0.717, 1.165) is 37.6 Å². The minimum atomic E-state index is 0.0630. The van der Waals surface area contributed by atoms with Crippen LogP contribution in [-0.2, 0) is 4.79 Å². The van der Waals surface area contributed by atoms with Crippen molar-refractivity contribution in [3.05, 3.63) is 59.6 Å². The van der Waals surface area contributed by atoms with E-state index in [9.17, 15) is 4.79 Å². The molecule has 24 heavy (non-hydrogen) atoms. The fraction of sp³-hybridized carbons (Fsp3) is 0.316. The topological polar surface area (TPSA) is 26.8 Å². The predicted octanol–water partition coefficient (Wildman–Crippen LogP) is 3.25. The standard InChI is InChI=1S/C19H22ClN3O/c1-21-10-12-22(13-11-21)15-19(24)23(17-7-3-2-4-8-17)18-9-5-6-16(20)14-18/h2-9,14H,10-13,15H2,1H3. The summed E-state index contributed by atoms with van der Waals surface area (Å²) in [5, 5.41) is 0.626. The van der Waals surface area contributed by atoms with E-state index >= 15 is 0 Å². The number of likely N-dealkylation sites (N-methyl/N-ethyl adjacent to an activating group) is 1. The van der Waals surface area contributed by atoms with Gasteiger partial charge in [0.1, 0.15) is 0 Å². The Morgan fingerprint density at radius 3 is 2.33 bits per heavy atom. The summed E-state index contributed by atoms with van der Waals surface area (Å²) in [7, 11) is 2.11. The Hall–Kier alpha value is -1.88. The molecule has 0 bridgehead atoms. The number of amides is 1. The van der Waals surface area contributed by atoms with Gasteiger partial charge in [-0.25, -0.2) is 0 Å². The highest BCUT2D eigenvalue weighted by molar-refractivity contribution is 6.31. The van der Waals surface area contributed by atoms with Crippen molar-refractivity contribution >= 4 is 28.9 Å². The zero-order chi connectivity index (χ0) is 16.9. The highest BCUT2D eigenvalue weighted by Crippen LogP contribution is 2.27. The summed E-state index contributed by atoms with van der Waals surface area (Å²) in [5.74, 6) is 0.0630. The van der Waals surface area contributed by atoms with Gasteiger partial charge in [0.25, 0.3) is 0 Å². The Morgan fingerprint density at radius 1 is 1.00 bits per heavy atom. The maximum atomic E-state index is 13.0. The van der Waals surface area contributed by atoms with Crippen molar-refractivity contribution in [2.45, 2.75) is 0 Å². The molecule has 2 aromatic rings. The molecular weight excluding hydrogens is 322 g/mol. The summed E-state index contributed by atoms with van der Waals surface area (Å²) < 4.78 is 0. The van der Waals surface area contributed by atoms with Crippen molar-refractivity contribution < 1.29 is 4.79 Å². The van der Waals surface area contributed by atoms with Crippen LogP contribution in [0.25, 0.3) is 0 Å². The molecule has 5 heteroatoms. The smallest absolute Gasteiger partial charge is 0.245 e. The molecule has 2 aromatic carbocycles. The number of carbonyl (C=O) groups is 1. The van der Waals surface area contributed by atoms with Crippen molar-refractivity contribution in [1.82, 2.24) is 9.80 Å². The fourth-order valence-corrected chi connectivity index (χ4v) is 3.08. The summed E-state index contributed by atoms with van der Waals surface area (Å²) in [6, 6.07) is 17.2. The van der Waals surface area contributed by atoms with Crippen LogP contribution in [0.1, 0.15) is 0 Å². The van der Waals surface area contributed by atoms with E-state index in [4.69, 9.17) is 11.6 Å². The molecule has 1 amide bonds. The lowest BCUT2D eigenvalue weighted by molar-refractivity contribution is -0.119. The molecular formula is C19H22ClN3O. The average molecular weight is 344 g/mol. The van der Waals surface area contributed by atoms with Gasteiger partial charge in [-0.1, -0.05) is 35.9 Å².